The third-order valence-corrected chi connectivity index (χ3v) is 0.896. The van der Waals surface area contributed by atoms with Gasteiger partial charge in [-0.1, -0.05) is 5.92 Å². The fourth-order valence-corrected chi connectivity index (χ4v) is 0.403. The molecule has 0 amide bonds. The van der Waals surface area contributed by atoms with Gasteiger partial charge in [-0.05, 0) is 13.8 Å². The smallest absolute Gasteiger partial charge is 0.0622 e. The van der Waals surface area contributed by atoms with Crippen molar-refractivity contribution >= 4 is 0 Å². The molecular weight excluding hydrogens is 128 g/mol. The van der Waals surface area contributed by atoms with Crippen molar-refractivity contribution in [1.82, 2.24) is 0 Å². The third kappa shape index (κ3) is 6.94. The number of rotatable bonds is 2. The van der Waals surface area contributed by atoms with E-state index in [0.717, 1.165) is 0 Å². The zero-order valence-electron chi connectivity index (χ0n) is 6.59. The van der Waals surface area contributed by atoms with E-state index in [1.807, 2.05) is 13.8 Å². The predicted octanol–water partition coefficient (Wildman–Crippen LogP) is 1.32. The Morgan fingerprint density at radius 2 is 1.90 bits per heavy atom. The predicted molar refractivity (Wildman–Crippen MR) is 37.9 cm³/mol. The first-order valence-electron chi connectivity index (χ1n) is 2.79. The molecule has 0 N–H and O–H groups in total. The van der Waals surface area contributed by atoms with Crippen molar-refractivity contribution in [3.8, 4) is 12.3 Å². The number of nitrogens with zero attached hydrogens (tertiary/aromatic N) is 2. The molecule has 3 nitrogen and oxygen atoms in total. The van der Waals surface area contributed by atoms with Gasteiger partial charge in [0.1, 0.15) is 0 Å². The van der Waals surface area contributed by atoms with E-state index in [0.29, 0.717) is 6.61 Å². The van der Waals surface area contributed by atoms with Crippen molar-refractivity contribution in [3.63, 3.8) is 0 Å². The molecule has 10 heavy (non-hydrogen) atoms. The molecule has 0 saturated heterocycles. The Labute approximate surface area is 61.8 Å². The van der Waals surface area contributed by atoms with Gasteiger partial charge >= 0.3 is 0 Å². The summed E-state index contributed by atoms with van der Waals surface area (Å²) in [5, 5.41) is 12.0. The molecule has 0 radical (unpaired) electrons. The third-order valence-electron chi connectivity index (χ3n) is 0.896. The van der Waals surface area contributed by atoms with Gasteiger partial charge < -0.3 is 4.74 Å². The molecule has 0 aromatic rings. The molecule has 0 bridgehead atoms. The highest BCUT2D eigenvalue weighted by molar-refractivity contribution is 5.00. The molecule has 0 spiro atoms. The molecule has 3 heteroatoms. The van der Waals surface area contributed by atoms with E-state index in [9.17, 15) is 0 Å². The van der Waals surface area contributed by atoms with Crippen LogP contribution in [0.25, 0.3) is 0 Å². The number of ether oxygens (including phenoxy) is 1. The van der Waals surface area contributed by atoms with Crippen molar-refractivity contribution in [2.45, 2.75) is 13.8 Å². The Hall–Kier alpha value is -1.06. The lowest BCUT2D eigenvalue weighted by molar-refractivity contribution is 0.138. The van der Waals surface area contributed by atoms with Gasteiger partial charge in [-0.3, -0.25) is 0 Å². The lowest BCUT2D eigenvalue weighted by atomic mass is 9.97. The molecule has 0 aliphatic heterocycles. The molecule has 0 aromatic carbocycles. The zero-order chi connectivity index (χ0) is 8.62. The summed E-state index contributed by atoms with van der Waals surface area (Å²) in [7, 11) is 1.65. The van der Waals surface area contributed by atoms with Crippen LogP contribution in [-0.2, 0) is 4.74 Å². The molecule has 0 saturated carbocycles. The summed E-state index contributed by atoms with van der Waals surface area (Å²) >= 11 is 0. The van der Waals surface area contributed by atoms with Crippen LogP contribution in [-0.4, -0.2) is 13.7 Å². The van der Waals surface area contributed by atoms with E-state index >= 15 is 0 Å². The minimum absolute atomic E-state index is 0.102. The van der Waals surface area contributed by atoms with E-state index in [1.165, 1.54) is 0 Å². The molecule has 0 atom stereocenters. The molecule has 0 fully saturated rings. The van der Waals surface area contributed by atoms with Crippen LogP contribution in [0, 0.1) is 28.5 Å². The van der Waals surface area contributed by atoms with Gasteiger partial charge in [0.15, 0.2) is 0 Å². The van der Waals surface area contributed by atoms with E-state index < -0.39 is 0 Å². The monoisotopic (exact) mass is 140 g/mol. The number of methoxy groups -OCH3 is 1. The zero-order valence-corrected chi connectivity index (χ0v) is 6.59. The minimum atomic E-state index is -0.102. The molecular formula is C7H12N2O. The largest absolute Gasteiger partial charge is 0.383 e. The van der Waals surface area contributed by atoms with Crippen LogP contribution in [0.4, 0.5) is 0 Å². The van der Waals surface area contributed by atoms with Crippen molar-refractivity contribution in [2.24, 2.45) is 5.41 Å². The normalized spacial score (nSPS) is 8.80. The highest BCUT2D eigenvalue weighted by Gasteiger charge is 2.11. The SMILES string of the molecule is C#CC(C)(C)COC.N#N. The van der Waals surface area contributed by atoms with Gasteiger partial charge in [-0.25, -0.2) is 0 Å². The number of terminal acetylenes is 1. The van der Waals surface area contributed by atoms with Crippen LogP contribution in [0.15, 0.2) is 0 Å². The molecule has 0 heterocycles. The second kappa shape index (κ2) is 6.07. The fourth-order valence-electron chi connectivity index (χ4n) is 0.403. The van der Waals surface area contributed by atoms with Crippen LogP contribution in [0.5, 0.6) is 0 Å². The van der Waals surface area contributed by atoms with Crippen molar-refractivity contribution in [2.75, 3.05) is 13.7 Å². The average Bonchev–Trinajstić information content (AvgIpc) is 1.93. The quantitative estimate of drug-likeness (QED) is 0.429. The molecule has 0 aliphatic rings. The van der Waals surface area contributed by atoms with E-state index in [2.05, 4.69) is 5.92 Å². The first-order valence-corrected chi connectivity index (χ1v) is 2.79. The summed E-state index contributed by atoms with van der Waals surface area (Å²) < 4.78 is 4.86. The van der Waals surface area contributed by atoms with Crippen LogP contribution >= 0.6 is 0 Å². The Balaban J connectivity index is 0. The molecule has 0 aliphatic carbocycles. The topological polar surface area (TPSA) is 56.8 Å². The summed E-state index contributed by atoms with van der Waals surface area (Å²) in [6.45, 7) is 4.57. The second-order valence-corrected chi connectivity index (χ2v) is 2.46. The average molecular weight is 140 g/mol. The second-order valence-electron chi connectivity index (χ2n) is 2.46. The van der Waals surface area contributed by atoms with E-state index in [1.54, 1.807) is 7.11 Å². The van der Waals surface area contributed by atoms with Gasteiger partial charge in [-0.15, -0.1) is 6.42 Å². The first-order chi connectivity index (χ1) is 4.62. The molecule has 0 unspecified atom stereocenters. The van der Waals surface area contributed by atoms with Crippen molar-refractivity contribution < 1.29 is 4.74 Å². The number of hydrogen-bond acceptors (Lipinski definition) is 3. The van der Waals surface area contributed by atoms with Gasteiger partial charge in [0.2, 0.25) is 0 Å². The molecule has 0 aromatic heterocycles. The molecule has 56 valence electrons. The lowest BCUT2D eigenvalue weighted by Gasteiger charge is -2.14. The summed E-state index contributed by atoms with van der Waals surface area (Å²) in [5.74, 6) is 2.62. The lowest BCUT2D eigenvalue weighted by Crippen LogP contribution is -2.14. The van der Waals surface area contributed by atoms with Gasteiger partial charge in [0.05, 0.1) is 6.61 Å². The number of hydrogen-bond donors (Lipinski definition) is 0. The maximum atomic E-state index is 6.00. The Bertz CT molecular complexity index is 132. The maximum absolute atomic E-state index is 6.00. The van der Waals surface area contributed by atoms with Crippen molar-refractivity contribution in [3.05, 3.63) is 0 Å². The van der Waals surface area contributed by atoms with Gasteiger partial charge in [0, 0.05) is 23.3 Å². The van der Waals surface area contributed by atoms with Crippen molar-refractivity contribution in [1.29, 1.82) is 10.8 Å². The van der Waals surface area contributed by atoms with Crippen LogP contribution < -0.4 is 0 Å². The highest BCUT2D eigenvalue weighted by atomic mass is 16.5. The summed E-state index contributed by atoms with van der Waals surface area (Å²) in [4.78, 5) is 0. The van der Waals surface area contributed by atoms with Crippen LogP contribution in [0.1, 0.15) is 13.8 Å². The Morgan fingerprint density at radius 1 is 1.50 bits per heavy atom. The highest BCUT2D eigenvalue weighted by Crippen LogP contribution is 2.11. The van der Waals surface area contributed by atoms with Gasteiger partial charge in [-0.2, -0.15) is 0 Å². The Morgan fingerprint density at radius 3 is 2.00 bits per heavy atom. The maximum Gasteiger partial charge on any atom is 0.0622 e. The summed E-state index contributed by atoms with van der Waals surface area (Å²) in [6.07, 6.45) is 5.16. The standard InChI is InChI=1S/C7H12O.N2/c1-5-7(2,3)6-8-4;1-2/h1H,6H2,2-4H3;. The summed E-state index contributed by atoms with van der Waals surface area (Å²) in [6, 6.07) is 0. The molecule has 0 rings (SSSR count). The fraction of sp³-hybridized carbons (Fsp3) is 0.714. The summed E-state index contributed by atoms with van der Waals surface area (Å²) in [5.41, 5.74) is -0.102. The minimum Gasteiger partial charge on any atom is -0.383 e. The van der Waals surface area contributed by atoms with Gasteiger partial charge in [0.25, 0.3) is 0 Å². The van der Waals surface area contributed by atoms with E-state index in [-0.39, 0.29) is 5.41 Å². The Kier molecular flexibility index (Phi) is 7.10. The van der Waals surface area contributed by atoms with E-state index in [4.69, 9.17) is 21.9 Å². The van der Waals surface area contributed by atoms with Crippen LogP contribution in [0.3, 0.4) is 0 Å². The van der Waals surface area contributed by atoms with Crippen LogP contribution in [0.2, 0.25) is 0 Å². The first kappa shape index (κ1) is 11.7.